The van der Waals surface area contributed by atoms with Crippen molar-refractivity contribution in [1.82, 2.24) is 15.0 Å². The Labute approximate surface area is 129 Å². The summed E-state index contributed by atoms with van der Waals surface area (Å²) in [6.45, 7) is 0.414. The number of aromatic nitrogens is 3. The third-order valence-electron chi connectivity index (χ3n) is 2.90. The standard InChI is InChI=1S/C14H20N6O2/c1-19(2)13-16-12(17-14(18-13)20(3)4)15-8-9-5-6-10(21)11(22)7-9/h5-7,21-22H,8H2,1-4H3,(H,15,16,17,18). The van der Waals surface area contributed by atoms with Gasteiger partial charge in [-0.25, -0.2) is 0 Å². The van der Waals surface area contributed by atoms with Gasteiger partial charge in [0.15, 0.2) is 11.5 Å². The van der Waals surface area contributed by atoms with Crippen LogP contribution < -0.4 is 15.1 Å². The number of nitrogens with one attached hydrogen (secondary N) is 1. The summed E-state index contributed by atoms with van der Waals surface area (Å²) in [5, 5.41) is 21.9. The number of anilines is 3. The highest BCUT2D eigenvalue weighted by Gasteiger charge is 2.09. The fourth-order valence-electron chi connectivity index (χ4n) is 1.69. The van der Waals surface area contributed by atoms with E-state index in [0.717, 1.165) is 5.56 Å². The Balaban J connectivity index is 2.19. The van der Waals surface area contributed by atoms with Crippen molar-refractivity contribution < 1.29 is 10.2 Å². The van der Waals surface area contributed by atoms with E-state index >= 15 is 0 Å². The van der Waals surface area contributed by atoms with Crippen molar-refractivity contribution in [2.75, 3.05) is 43.3 Å². The van der Waals surface area contributed by atoms with Gasteiger partial charge in [-0.05, 0) is 17.7 Å². The third-order valence-corrected chi connectivity index (χ3v) is 2.90. The lowest BCUT2D eigenvalue weighted by atomic mass is 10.2. The molecule has 0 aliphatic heterocycles. The first-order chi connectivity index (χ1) is 10.4. The lowest BCUT2D eigenvalue weighted by molar-refractivity contribution is 0.403. The molecule has 2 rings (SSSR count). The molecule has 2 aromatic rings. The van der Waals surface area contributed by atoms with E-state index in [9.17, 15) is 10.2 Å². The van der Waals surface area contributed by atoms with Gasteiger partial charge in [-0.3, -0.25) is 0 Å². The highest BCUT2D eigenvalue weighted by molar-refractivity contribution is 5.45. The van der Waals surface area contributed by atoms with Crippen molar-refractivity contribution >= 4 is 17.8 Å². The monoisotopic (exact) mass is 304 g/mol. The largest absolute Gasteiger partial charge is 0.504 e. The average Bonchev–Trinajstić information content (AvgIpc) is 2.48. The molecule has 8 nitrogen and oxygen atoms in total. The molecular weight excluding hydrogens is 284 g/mol. The van der Waals surface area contributed by atoms with E-state index in [0.29, 0.717) is 24.4 Å². The summed E-state index contributed by atoms with van der Waals surface area (Å²) >= 11 is 0. The maximum atomic E-state index is 9.50. The van der Waals surface area contributed by atoms with Crippen LogP contribution in [-0.4, -0.2) is 53.4 Å². The fourth-order valence-corrected chi connectivity index (χ4v) is 1.69. The topological polar surface area (TPSA) is 97.6 Å². The van der Waals surface area contributed by atoms with Crippen molar-refractivity contribution in [2.45, 2.75) is 6.54 Å². The van der Waals surface area contributed by atoms with Crippen molar-refractivity contribution in [3.8, 4) is 11.5 Å². The van der Waals surface area contributed by atoms with Crippen LogP contribution in [-0.2, 0) is 6.54 Å². The second-order valence-corrected chi connectivity index (χ2v) is 5.22. The molecule has 0 radical (unpaired) electrons. The minimum Gasteiger partial charge on any atom is -0.504 e. The highest BCUT2D eigenvalue weighted by atomic mass is 16.3. The van der Waals surface area contributed by atoms with Crippen molar-refractivity contribution in [2.24, 2.45) is 0 Å². The Morgan fingerprint density at radius 2 is 1.50 bits per heavy atom. The van der Waals surface area contributed by atoms with Crippen molar-refractivity contribution in [3.05, 3.63) is 23.8 Å². The molecule has 0 aliphatic carbocycles. The molecule has 8 heteroatoms. The van der Waals surface area contributed by atoms with Gasteiger partial charge < -0.3 is 25.3 Å². The molecule has 22 heavy (non-hydrogen) atoms. The zero-order valence-electron chi connectivity index (χ0n) is 13.1. The van der Waals surface area contributed by atoms with Gasteiger partial charge in [-0.1, -0.05) is 6.07 Å². The van der Waals surface area contributed by atoms with Crippen LogP contribution in [0.5, 0.6) is 11.5 Å². The number of phenols is 2. The second-order valence-electron chi connectivity index (χ2n) is 5.22. The van der Waals surface area contributed by atoms with Gasteiger partial charge >= 0.3 is 0 Å². The van der Waals surface area contributed by atoms with E-state index in [1.54, 1.807) is 15.9 Å². The summed E-state index contributed by atoms with van der Waals surface area (Å²) in [7, 11) is 7.43. The molecule has 0 saturated heterocycles. The van der Waals surface area contributed by atoms with E-state index in [4.69, 9.17) is 0 Å². The highest BCUT2D eigenvalue weighted by Crippen LogP contribution is 2.25. The molecule has 0 amide bonds. The maximum absolute atomic E-state index is 9.50. The van der Waals surface area contributed by atoms with Crippen LogP contribution in [0.1, 0.15) is 5.56 Å². The normalized spacial score (nSPS) is 10.4. The molecule has 0 bridgehead atoms. The summed E-state index contributed by atoms with van der Waals surface area (Å²) in [6, 6.07) is 4.64. The summed E-state index contributed by atoms with van der Waals surface area (Å²) in [6.07, 6.45) is 0. The number of hydrogen-bond donors (Lipinski definition) is 3. The van der Waals surface area contributed by atoms with Crippen LogP contribution in [0.3, 0.4) is 0 Å². The summed E-state index contributed by atoms with van der Waals surface area (Å²) in [4.78, 5) is 16.6. The van der Waals surface area contributed by atoms with E-state index in [1.807, 2.05) is 28.2 Å². The quantitative estimate of drug-likeness (QED) is 0.705. The van der Waals surface area contributed by atoms with Crippen LogP contribution in [0.15, 0.2) is 18.2 Å². The molecule has 1 aromatic carbocycles. The van der Waals surface area contributed by atoms with Gasteiger partial charge in [0, 0.05) is 34.7 Å². The Hall–Kier alpha value is -2.77. The van der Waals surface area contributed by atoms with Gasteiger partial charge in [-0.15, -0.1) is 0 Å². The molecular formula is C14H20N6O2. The summed E-state index contributed by atoms with van der Waals surface area (Å²) in [5.74, 6) is 1.24. The minimum absolute atomic E-state index is 0.145. The number of rotatable bonds is 5. The van der Waals surface area contributed by atoms with E-state index in [-0.39, 0.29) is 11.5 Å². The van der Waals surface area contributed by atoms with Crippen LogP contribution in [0.4, 0.5) is 17.8 Å². The predicted molar refractivity (Wildman–Crippen MR) is 85.6 cm³/mol. The number of aromatic hydroxyl groups is 2. The Bertz CT molecular complexity index is 634. The number of phenolic OH excluding ortho intramolecular Hbond substituents is 2. The molecule has 1 aromatic heterocycles. The summed E-state index contributed by atoms with van der Waals surface area (Å²) in [5.41, 5.74) is 0.800. The molecule has 0 aliphatic rings. The first-order valence-electron chi connectivity index (χ1n) is 6.72. The Morgan fingerprint density at radius 3 is 2.00 bits per heavy atom. The molecule has 118 valence electrons. The Kier molecular flexibility index (Phi) is 4.50. The number of hydrogen-bond acceptors (Lipinski definition) is 8. The molecule has 1 heterocycles. The van der Waals surface area contributed by atoms with Crippen LogP contribution >= 0.6 is 0 Å². The number of benzene rings is 1. The van der Waals surface area contributed by atoms with Gasteiger partial charge in [0.1, 0.15) is 0 Å². The molecule has 3 N–H and O–H groups in total. The fraction of sp³-hybridized carbons (Fsp3) is 0.357. The molecule has 0 saturated carbocycles. The van der Waals surface area contributed by atoms with Crippen LogP contribution in [0, 0.1) is 0 Å². The van der Waals surface area contributed by atoms with Gasteiger partial charge in [-0.2, -0.15) is 15.0 Å². The first kappa shape index (κ1) is 15.6. The maximum Gasteiger partial charge on any atom is 0.231 e. The third kappa shape index (κ3) is 3.66. The molecule has 0 spiro atoms. The van der Waals surface area contributed by atoms with Gasteiger partial charge in [0.25, 0.3) is 0 Å². The lowest BCUT2D eigenvalue weighted by Crippen LogP contribution is -2.20. The Morgan fingerprint density at radius 1 is 0.909 bits per heavy atom. The second kappa shape index (κ2) is 6.33. The minimum atomic E-state index is -0.155. The van der Waals surface area contributed by atoms with E-state index < -0.39 is 0 Å². The van der Waals surface area contributed by atoms with Crippen molar-refractivity contribution in [1.29, 1.82) is 0 Å². The smallest absolute Gasteiger partial charge is 0.231 e. The number of nitrogens with zero attached hydrogens (tertiary/aromatic N) is 5. The molecule has 0 atom stereocenters. The van der Waals surface area contributed by atoms with Crippen LogP contribution in [0.2, 0.25) is 0 Å². The lowest BCUT2D eigenvalue weighted by Gasteiger charge is -2.16. The van der Waals surface area contributed by atoms with Gasteiger partial charge in [0.2, 0.25) is 17.8 Å². The first-order valence-corrected chi connectivity index (χ1v) is 6.72. The predicted octanol–water partition coefficient (Wildman–Crippen LogP) is 1.03. The average molecular weight is 304 g/mol. The SMILES string of the molecule is CN(C)c1nc(NCc2ccc(O)c(O)c2)nc(N(C)C)n1. The molecule has 0 unspecified atom stereocenters. The zero-order chi connectivity index (χ0) is 16.3. The van der Waals surface area contributed by atoms with Gasteiger partial charge in [0.05, 0.1) is 0 Å². The molecule has 0 fully saturated rings. The van der Waals surface area contributed by atoms with E-state index in [1.165, 1.54) is 12.1 Å². The summed E-state index contributed by atoms with van der Waals surface area (Å²) < 4.78 is 0. The van der Waals surface area contributed by atoms with E-state index in [2.05, 4.69) is 20.3 Å². The van der Waals surface area contributed by atoms with Crippen LogP contribution in [0.25, 0.3) is 0 Å². The zero-order valence-corrected chi connectivity index (χ0v) is 13.1. The van der Waals surface area contributed by atoms with Crippen molar-refractivity contribution in [3.63, 3.8) is 0 Å².